The van der Waals surface area contributed by atoms with Gasteiger partial charge in [0.05, 0.1) is 0 Å². The molecule has 1 N–H and O–H groups in total. The summed E-state index contributed by atoms with van der Waals surface area (Å²) in [7, 11) is 0. The van der Waals surface area contributed by atoms with E-state index in [1.54, 1.807) is 0 Å². The molecule has 1 heterocycles. The molecule has 1 fully saturated rings. The van der Waals surface area contributed by atoms with E-state index in [1.165, 1.54) is 6.92 Å². The van der Waals surface area contributed by atoms with Crippen LogP contribution in [0.25, 0.3) is 0 Å². The lowest BCUT2D eigenvalue weighted by Crippen LogP contribution is -2.44. The fourth-order valence-corrected chi connectivity index (χ4v) is 1.47. The summed E-state index contributed by atoms with van der Waals surface area (Å²) in [5, 5.41) is 2.99. The number of piperidine rings is 1. The Morgan fingerprint density at radius 3 is 2.42 bits per heavy atom. The third-order valence-electron chi connectivity index (χ3n) is 2.17. The minimum Gasteiger partial charge on any atom is -0.311 e. The van der Waals surface area contributed by atoms with Crippen LogP contribution in [-0.2, 0) is 0 Å². The van der Waals surface area contributed by atoms with Gasteiger partial charge in [0, 0.05) is 6.04 Å². The van der Waals surface area contributed by atoms with Crippen molar-refractivity contribution in [3.63, 3.8) is 0 Å². The fourth-order valence-electron chi connectivity index (χ4n) is 1.47. The van der Waals surface area contributed by atoms with E-state index in [0.717, 1.165) is 25.8 Å². The van der Waals surface area contributed by atoms with Gasteiger partial charge in [0.1, 0.15) is 12.3 Å². The van der Waals surface area contributed by atoms with E-state index in [4.69, 9.17) is 0 Å². The zero-order valence-corrected chi connectivity index (χ0v) is 8.04. The van der Waals surface area contributed by atoms with Crippen molar-refractivity contribution >= 4 is 12.4 Å². The van der Waals surface area contributed by atoms with Gasteiger partial charge < -0.3 is 5.32 Å². The van der Waals surface area contributed by atoms with E-state index in [2.05, 4.69) is 5.32 Å². The third-order valence-corrected chi connectivity index (χ3v) is 2.17. The fraction of sp³-hybridized carbons (Fsp3) is 1.00. The predicted octanol–water partition coefficient (Wildman–Crippen LogP) is 2.25. The van der Waals surface area contributed by atoms with Crippen LogP contribution in [0, 0.1) is 0 Å². The number of nitrogens with one attached hydrogen (secondary N) is 1. The first kappa shape index (κ1) is 12.1. The van der Waals surface area contributed by atoms with Gasteiger partial charge >= 0.3 is 0 Å². The molecule has 12 heavy (non-hydrogen) atoms. The van der Waals surface area contributed by atoms with E-state index in [0.29, 0.717) is 0 Å². The van der Waals surface area contributed by atoms with Gasteiger partial charge in [-0.1, -0.05) is 6.42 Å². The van der Waals surface area contributed by atoms with E-state index >= 15 is 0 Å². The van der Waals surface area contributed by atoms with E-state index < -0.39 is 12.3 Å². The molecule has 0 amide bonds. The minimum absolute atomic E-state index is 0. The molecular weight excluding hydrogens is 184 g/mol. The Labute approximate surface area is 78.3 Å². The first-order chi connectivity index (χ1) is 5.22. The lowest BCUT2D eigenvalue weighted by Gasteiger charge is -2.27. The topological polar surface area (TPSA) is 12.0 Å². The van der Waals surface area contributed by atoms with Gasteiger partial charge in [-0.05, 0) is 26.3 Å². The number of hydrogen-bond donors (Lipinski definition) is 1. The summed E-state index contributed by atoms with van der Waals surface area (Å²) in [6.45, 7) is 2.11. The van der Waals surface area contributed by atoms with Crippen molar-refractivity contribution in [1.29, 1.82) is 0 Å². The number of alkyl halides is 2. The molecule has 0 saturated carbocycles. The Morgan fingerprint density at radius 2 is 2.00 bits per heavy atom. The van der Waals surface area contributed by atoms with E-state index in [9.17, 15) is 8.78 Å². The number of halogens is 3. The Balaban J connectivity index is 0.00000121. The van der Waals surface area contributed by atoms with Gasteiger partial charge in [0.2, 0.25) is 0 Å². The predicted molar refractivity (Wildman–Crippen MR) is 48.4 cm³/mol. The molecule has 3 unspecified atom stereocenters. The summed E-state index contributed by atoms with van der Waals surface area (Å²) in [5.74, 6) is 0. The second-order valence-corrected chi connectivity index (χ2v) is 3.18. The maximum absolute atomic E-state index is 13.0. The molecule has 0 aliphatic carbocycles. The summed E-state index contributed by atoms with van der Waals surface area (Å²) in [6, 6.07) is -0.247. The highest BCUT2D eigenvalue weighted by atomic mass is 35.5. The van der Waals surface area contributed by atoms with Crippen LogP contribution < -0.4 is 5.32 Å². The standard InChI is InChI=1S/C8H15F2N.ClH/c1-6(9)8(10)7-4-2-3-5-11-7;/h6-8,11H,2-5H2,1H3;1H. The molecule has 0 aromatic heterocycles. The van der Waals surface area contributed by atoms with Crippen LogP contribution in [0.5, 0.6) is 0 Å². The highest BCUT2D eigenvalue weighted by Gasteiger charge is 2.27. The van der Waals surface area contributed by atoms with Crippen LogP contribution >= 0.6 is 12.4 Å². The monoisotopic (exact) mass is 199 g/mol. The second kappa shape index (κ2) is 5.70. The average molecular weight is 200 g/mol. The molecule has 1 saturated heterocycles. The molecule has 0 bridgehead atoms. The first-order valence-electron chi connectivity index (χ1n) is 4.23. The smallest absolute Gasteiger partial charge is 0.146 e. The third kappa shape index (κ3) is 3.23. The normalized spacial score (nSPS) is 28.8. The van der Waals surface area contributed by atoms with Crippen molar-refractivity contribution in [3.8, 4) is 0 Å². The molecule has 1 aliphatic rings. The molecule has 4 heteroatoms. The van der Waals surface area contributed by atoms with Gasteiger partial charge in [-0.25, -0.2) is 8.78 Å². The van der Waals surface area contributed by atoms with Crippen LogP contribution in [0.4, 0.5) is 8.78 Å². The number of rotatable bonds is 2. The molecule has 3 atom stereocenters. The zero-order chi connectivity index (χ0) is 8.27. The van der Waals surface area contributed by atoms with Crippen LogP contribution in [0.1, 0.15) is 26.2 Å². The molecule has 1 nitrogen and oxygen atoms in total. The van der Waals surface area contributed by atoms with Gasteiger partial charge in [-0.15, -0.1) is 12.4 Å². The van der Waals surface area contributed by atoms with Crippen molar-refractivity contribution in [3.05, 3.63) is 0 Å². The lowest BCUT2D eigenvalue weighted by molar-refractivity contribution is 0.125. The zero-order valence-electron chi connectivity index (χ0n) is 7.22. The summed E-state index contributed by atoms with van der Waals surface area (Å²) in [6.07, 6.45) is 0.213. The molecule has 0 spiro atoms. The van der Waals surface area contributed by atoms with Gasteiger partial charge in [-0.3, -0.25) is 0 Å². The summed E-state index contributed by atoms with van der Waals surface area (Å²) < 4.78 is 25.4. The van der Waals surface area contributed by atoms with Crippen LogP contribution in [0.3, 0.4) is 0 Å². The van der Waals surface area contributed by atoms with E-state index in [-0.39, 0.29) is 18.4 Å². The quantitative estimate of drug-likeness (QED) is 0.720. The lowest BCUT2D eigenvalue weighted by atomic mass is 9.99. The average Bonchev–Trinajstić information content (AvgIpc) is 2.05. The molecule has 1 aliphatic heterocycles. The van der Waals surface area contributed by atoms with Crippen molar-refractivity contribution in [2.75, 3.05) is 6.54 Å². The van der Waals surface area contributed by atoms with Crippen molar-refractivity contribution < 1.29 is 8.78 Å². The van der Waals surface area contributed by atoms with Crippen molar-refractivity contribution in [1.82, 2.24) is 5.32 Å². The second-order valence-electron chi connectivity index (χ2n) is 3.18. The summed E-state index contributed by atoms with van der Waals surface area (Å²) in [5.41, 5.74) is 0. The molecule has 0 radical (unpaired) electrons. The summed E-state index contributed by atoms with van der Waals surface area (Å²) >= 11 is 0. The van der Waals surface area contributed by atoms with E-state index in [1.807, 2.05) is 0 Å². The number of hydrogen-bond acceptors (Lipinski definition) is 1. The SMILES string of the molecule is CC(F)C(F)C1CCCCN1.Cl. The first-order valence-corrected chi connectivity index (χ1v) is 4.23. The molecule has 74 valence electrons. The van der Waals surface area contributed by atoms with Crippen LogP contribution in [-0.4, -0.2) is 24.9 Å². The Morgan fingerprint density at radius 1 is 1.33 bits per heavy atom. The van der Waals surface area contributed by atoms with Crippen LogP contribution in [0.15, 0.2) is 0 Å². The van der Waals surface area contributed by atoms with Gasteiger partial charge in [0.25, 0.3) is 0 Å². The maximum atomic E-state index is 13.0. The highest BCUT2D eigenvalue weighted by molar-refractivity contribution is 5.85. The molecule has 0 aromatic carbocycles. The minimum atomic E-state index is -1.34. The molecule has 0 aromatic rings. The Hall–Kier alpha value is 0.110. The van der Waals surface area contributed by atoms with Crippen LogP contribution in [0.2, 0.25) is 0 Å². The maximum Gasteiger partial charge on any atom is 0.146 e. The Bertz CT molecular complexity index is 116. The largest absolute Gasteiger partial charge is 0.311 e. The molecule has 1 rings (SSSR count). The van der Waals surface area contributed by atoms with Crippen molar-refractivity contribution in [2.24, 2.45) is 0 Å². The van der Waals surface area contributed by atoms with Crippen molar-refractivity contribution in [2.45, 2.75) is 44.6 Å². The summed E-state index contributed by atoms with van der Waals surface area (Å²) in [4.78, 5) is 0. The molecular formula is C8H16ClF2N. The Kier molecular flexibility index (Phi) is 5.76. The highest BCUT2D eigenvalue weighted by Crippen LogP contribution is 2.16. The van der Waals surface area contributed by atoms with Gasteiger partial charge in [0.15, 0.2) is 0 Å². The van der Waals surface area contributed by atoms with Gasteiger partial charge in [-0.2, -0.15) is 0 Å².